The lowest BCUT2D eigenvalue weighted by Gasteiger charge is -2.11. The predicted octanol–water partition coefficient (Wildman–Crippen LogP) is 0.771. The van der Waals surface area contributed by atoms with E-state index in [0.717, 1.165) is 0 Å². The maximum absolute atomic E-state index is 7.52. The van der Waals surface area contributed by atoms with Crippen molar-refractivity contribution in [2.24, 2.45) is 5.73 Å². The van der Waals surface area contributed by atoms with Crippen LogP contribution in [0.3, 0.4) is 0 Å². The van der Waals surface area contributed by atoms with Crippen LogP contribution in [0.2, 0.25) is 0 Å². The number of hydrogen-bond acceptors (Lipinski definition) is 4. The summed E-state index contributed by atoms with van der Waals surface area (Å²) in [6, 6.07) is 5.34. The summed E-state index contributed by atoms with van der Waals surface area (Å²) in [5, 5.41) is 7.52. The van der Waals surface area contributed by atoms with E-state index in [-0.39, 0.29) is 12.0 Å². The number of hydrogen-bond donors (Lipinski definition) is 2. The Morgan fingerprint density at radius 2 is 2.46 bits per heavy atom. The molecule has 0 fully saturated rings. The molecule has 0 radical (unpaired) electrons. The van der Waals surface area contributed by atoms with Gasteiger partial charge >= 0.3 is 0 Å². The highest BCUT2D eigenvalue weighted by atomic mass is 16.5. The molecular weight excluding hydrogens is 166 g/mol. The first-order chi connectivity index (χ1) is 6.24. The summed E-state index contributed by atoms with van der Waals surface area (Å²) in [5.41, 5.74) is 5.89. The largest absolute Gasteiger partial charge is 0.472 e. The molecule has 0 spiro atoms. The maximum Gasteiger partial charge on any atom is 0.232 e. The van der Waals surface area contributed by atoms with Crippen LogP contribution in [-0.4, -0.2) is 23.5 Å². The van der Waals surface area contributed by atoms with Crippen molar-refractivity contribution in [3.63, 3.8) is 0 Å². The van der Waals surface area contributed by atoms with E-state index >= 15 is 0 Å². The highest BCUT2D eigenvalue weighted by Gasteiger charge is 2.06. The maximum atomic E-state index is 7.52. The Balaban J connectivity index is 2.59. The van der Waals surface area contributed by atoms with Gasteiger partial charge in [0, 0.05) is 12.7 Å². The molecule has 0 aliphatic heterocycles. The van der Waals surface area contributed by atoms with Crippen molar-refractivity contribution in [1.29, 1.82) is 5.41 Å². The zero-order valence-corrected chi connectivity index (χ0v) is 7.53. The molecule has 1 aromatic heterocycles. The van der Waals surface area contributed by atoms with Gasteiger partial charge in [0.05, 0.1) is 0 Å². The molecule has 70 valence electrons. The molecule has 4 nitrogen and oxygen atoms in total. The van der Waals surface area contributed by atoms with Crippen LogP contribution < -0.4 is 5.73 Å². The first-order valence-electron chi connectivity index (χ1n) is 4.10. The van der Waals surface area contributed by atoms with Gasteiger partial charge in [-0.25, -0.2) is 0 Å². The topological polar surface area (TPSA) is 72.0 Å². The first-order valence-corrected chi connectivity index (χ1v) is 4.10. The molecule has 1 rings (SSSR count). The third-order valence-electron chi connectivity index (χ3n) is 1.55. The normalized spacial score (nSPS) is 12.2. The minimum absolute atomic E-state index is 0.0681. The van der Waals surface area contributed by atoms with Crippen LogP contribution in [0.1, 0.15) is 12.6 Å². The van der Waals surface area contributed by atoms with Gasteiger partial charge in [0.1, 0.15) is 11.8 Å². The van der Waals surface area contributed by atoms with E-state index < -0.39 is 0 Å². The zero-order valence-electron chi connectivity index (χ0n) is 7.53. The molecule has 0 aliphatic carbocycles. The SMILES string of the molecule is CC(CN)OC(=N)c1ccccn1. The Labute approximate surface area is 77.2 Å². The average Bonchev–Trinajstić information content (AvgIpc) is 2.19. The fraction of sp³-hybridized carbons (Fsp3) is 0.333. The van der Waals surface area contributed by atoms with E-state index in [2.05, 4.69) is 4.98 Å². The lowest BCUT2D eigenvalue weighted by molar-refractivity contribution is 0.214. The van der Waals surface area contributed by atoms with Crippen molar-refractivity contribution in [2.75, 3.05) is 6.54 Å². The Kier molecular flexibility index (Phi) is 3.40. The number of ether oxygens (including phenoxy) is 1. The number of pyridine rings is 1. The van der Waals surface area contributed by atoms with Crippen LogP contribution in [0.15, 0.2) is 24.4 Å². The quantitative estimate of drug-likeness (QED) is 0.531. The fourth-order valence-corrected chi connectivity index (χ4v) is 0.807. The average molecular weight is 179 g/mol. The Bertz CT molecular complexity index is 273. The van der Waals surface area contributed by atoms with Gasteiger partial charge in [0.25, 0.3) is 0 Å². The molecule has 0 amide bonds. The standard InChI is InChI=1S/C9H13N3O/c1-7(6-10)13-9(11)8-4-2-3-5-12-8/h2-5,7,11H,6,10H2,1H3. The summed E-state index contributed by atoms with van der Waals surface area (Å²) in [4.78, 5) is 3.98. The van der Waals surface area contributed by atoms with Crippen molar-refractivity contribution in [3.8, 4) is 0 Å². The number of rotatable bonds is 3. The van der Waals surface area contributed by atoms with Crippen LogP contribution in [0, 0.1) is 5.41 Å². The summed E-state index contributed by atoms with van der Waals surface area (Å²) >= 11 is 0. The Hall–Kier alpha value is -1.42. The molecule has 4 heteroatoms. The second-order valence-corrected chi connectivity index (χ2v) is 2.71. The lowest BCUT2D eigenvalue weighted by atomic mass is 10.3. The van der Waals surface area contributed by atoms with E-state index in [4.69, 9.17) is 15.9 Å². The van der Waals surface area contributed by atoms with Crippen molar-refractivity contribution in [1.82, 2.24) is 4.98 Å². The van der Waals surface area contributed by atoms with Gasteiger partial charge in [-0.2, -0.15) is 0 Å². The molecule has 0 aromatic carbocycles. The zero-order chi connectivity index (χ0) is 9.68. The summed E-state index contributed by atoms with van der Waals surface area (Å²) in [7, 11) is 0. The predicted molar refractivity (Wildman–Crippen MR) is 50.7 cm³/mol. The van der Waals surface area contributed by atoms with Crippen LogP contribution in [0.5, 0.6) is 0 Å². The molecule has 1 atom stereocenters. The summed E-state index contributed by atoms with van der Waals surface area (Å²) < 4.78 is 5.18. The third kappa shape index (κ3) is 2.83. The fourth-order valence-electron chi connectivity index (χ4n) is 0.807. The van der Waals surface area contributed by atoms with E-state index in [1.807, 2.05) is 13.0 Å². The molecule has 0 bridgehead atoms. The van der Waals surface area contributed by atoms with E-state index in [0.29, 0.717) is 12.2 Å². The van der Waals surface area contributed by atoms with Crippen molar-refractivity contribution in [3.05, 3.63) is 30.1 Å². The molecule has 0 saturated heterocycles. The molecule has 1 aromatic rings. The monoisotopic (exact) mass is 179 g/mol. The summed E-state index contributed by atoms with van der Waals surface area (Å²) in [6.07, 6.45) is 1.48. The minimum Gasteiger partial charge on any atom is -0.472 e. The lowest BCUT2D eigenvalue weighted by Crippen LogP contribution is -2.23. The van der Waals surface area contributed by atoms with Gasteiger partial charge in [-0.1, -0.05) is 6.07 Å². The van der Waals surface area contributed by atoms with Gasteiger partial charge in [-0.15, -0.1) is 0 Å². The number of nitrogens with zero attached hydrogens (tertiary/aromatic N) is 1. The smallest absolute Gasteiger partial charge is 0.232 e. The van der Waals surface area contributed by atoms with E-state index in [1.54, 1.807) is 18.3 Å². The number of nitrogens with one attached hydrogen (secondary N) is 1. The van der Waals surface area contributed by atoms with E-state index in [9.17, 15) is 0 Å². The molecule has 3 N–H and O–H groups in total. The number of aromatic nitrogens is 1. The summed E-state index contributed by atoms with van der Waals surface area (Å²) in [5.74, 6) is 0.0681. The van der Waals surface area contributed by atoms with Gasteiger partial charge in [-0.05, 0) is 19.1 Å². The van der Waals surface area contributed by atoms with Gasteiger partial charge in [0.15, 0.2) is 0 Å². The van der Waals surface area contributed by atoms with Crippen LogP contribution in [0.25, 0.3) is 0 Å². The molecule has 0 saturated carbocycles. The minimum atomic E-state index is -0.144. The van der Waals surface area contributed by atoms with Gasteiger partial charge in [0.2, 0.25) is 5.90 Å². The van der Waals surface area contributed by atoms with Crippen LogP contribution >= 0.6 is 0 Å². The van der Waals surface area contributed by atoms with Crippen molar-refractivity contribution in [2.45, 2.75) is 13.0 Å². The molecule has 0 aliphatic rings. The highest BCUT2D eigenvalue weighted by molar-refractivity contribution is 5.89. The highest BCUT2D eigenvalue weighted by Crippen LogP contribution is 1.99. The first kappa shape index (κ1) is 9.67. The van der Waals surface area contributed by atoms with Gasteiger partial charge in [-0.3, -0.25) is 10.4 Å². The Morgan fingerprint density at radius 3 is 3.00 bits per heavy atom. The summed E-state index contributed by atoms with van der Waals surface area (Å²) in [6.45, 7) is 2.21. The van der Waals surface area contributed by atoms with Crippen molar-refractivity contribution < 1.29 is 4.74 Å². The van der Waals surface area contributed by atoms with E-state index in [1.165, 1.54) is 0 Å². The van der Waals surface area contributed by atoms with Gasteiger partial charge < -0.3 is 10.5 Å². The van der Waals surface area contributed by atoms with Crippen LogP contribution in [0.4, 0.5) is 0 Å². The van der Waals surface area contributed by atoms with Crippen LogP contribution in [-0.2, 0) is 4.74 Å². The second-order valence-electron chi connectivity index (χ2n) is 2.71. The molecule has 13 heavy (non-hydrogen) atoms. The molecular formula is C9H13N3O. The molecule has 1 unspecified atom stereocenters. The Morgan fingerprint density at radius 1 is 1.69 bits per heavy atom. The molecule has 1 heterocycles. The number of nitrogens with two attached hydrogens (primary N) is 1. The second kappa shape index (κ2) is 4.57. The third-order valence-corrected chi connectivity index (χ3v) is 1.55. The van der Waals surface area contributed by atoms with Crippen molar-refractivity contribution >= 4 is 5.90 Å².